The van der Waals surface area contributed by atoms with Crippen LogP contribution < -0.4 is 22.1 Å². The number of hydrogen-bond acceptors (Lipinski definition) is 3. The third-order valence-electron chi connectivity index (χ3n) is 3.41. The molecule has 0 heterocycles. The van der Waals surface area contributed by atoms with Crippen LogP contribution in [-0.2, 0) is 10.1 Å². The van der Waals surface area contributed by atoms with Gasteiger partial charge in [-0.15, -0.1) is 0 Å². The molecule has 0 saturated carbocycles. The van der Waals surface area contributed by atoms with Crippen LogP contribution in [0, 0.1) is 0 Å². The molecule has 0 aromatic heterocycles. The van der Waals surface area contributed by atoms with Crippen LogP contribution in [0.2, 0.25) is 0 Å². The van der Waals surface area contributed by atoms with Gasteiger partial charge in [0.05, 0.1) is 0 Å². The molecular weight excluding hydrogens is 341 g/mol. The summed E-state index contributed by atoms with van der Waals surface area (Å²) < 4.78 is 33.2. The van der Waals surface area contributed by atoms with Gasteiger partial charge in [-0.25, -0.2) is 0 Å². The SMILES string of the molecule is N.O=S(=O)(O)c1ccccc1P(c1ccccc1)c1ccccc1. The van der Waals surface area contributed by atoms with E-state index >= 15 is 0 Å². The summed E-state index contributed by atoms with van der Waals surface area (Å²) in [7, 11) is -5.35. The lowest BCUT2D eigenvalue weighted by Crippen LogP contribution is -2.24. The van der Waals surface area contributed by atoms with Crippen LogP contribution in [-0.4, -0.2) is 13.0 Å². The lowest BCUT2D eigenvalue weighted by atomic mass is 10.3. The van der Waals surface area contributed by atoms with Gasteiger partial charge in [0.25, 0.3) is 10.1 Å². The number of rotatable bonds is 4. The quantitative estimate of drug-likeness (QED) is 0.554. The second-order valence-corrected chi connectivity index (χ2v) is 8.52. The van der Waals surface area contributed by atoms with Crippen molar-refractivity contribution in [2.45, 2.75) is 4.90 Å². The fourth-order valence-corrected chi connectivity index (χ4v) is 5.97. The minimum Gasteiger partial charge on any atom is -0.344 e. The lowest BCUT2D eigenvalue weighted by molar-refractivity contribution is 0.484. The van der Waals surface area contributed by atoms with E-state index < -0.39 is 18.0 Å². The van der Waals surface area contributed by atoms with E-state index in [0.29, 0.717) is 5.30 Å². The Morgan fingerprint density at radius 2 is 1.08 bits per heavy atom. The topological polar surface area (TPSA) is 89.4 Å². The van der Waals surface area contributed by atoms with Gasteiger partial charge in [0, 0.05) is 5.30 Å². The highest BCUT2D eigenvalue weighted by molar-refractivity contribution is 7.88. The second-order valence-electron chi connectivity index (χ2n) is 4.95. The monoisotopic (exact) mass is 359 g/mol. The van der Waals surface area contributed by atoms with Crippen LogP contribution >= 0.6 is 7.92 Å². The average Bonchev–Trinajstić information content (AvgIpc) is 2.57. The van der Waals surface area contributed by atoms with Gasteiger partial charge in [-0.1, -0.05) is 78.9 Å². The van der Waals surface area contributed by atoms with Gasteiger partial charge in [0.15, 0.2) is 0 Å². The first-order chi connectivity index (χ1) is 11.1. The van der Waals surface area contributed by atoms with Gasteiger partial charge in [0.1, 0.15) is 4.90 Å². The van der Waals surface area contributed by atoms with Crippen LogP contribution in [0.3, 0.4) is 0 Å². The van der Waals surface area contributed by atoms with E-state index in [1.54, 1.807) is 18.2 Å². The van der Waals surface area contributed by atoms with Crippen LogP contribution in [0.5, 0.6) is 0 Å². The summed E-state index contributed by atoms with van der Waals surface area (Å²) in [6.07, 6.45) is 0. The first kappa shape index (κ1) is 18.3. The Morgan fingerprint density at radius 3 is 1.54 bits per heavy atom. The van der Waals surface area contributed by atoms with Crippen LogP contribution in [0.4, 0.5) is 0 Å². The molecule has 0 amide bonds. The first-order valence-electron chi connectivity index (χ1n) is 7.04. The largest absolute Gasteiger partial charge is 0.344 e. The van der Waals surface area contributed by atoms with Gasteiger partial charge in [-0.2, -0.15) is 8.42 Å². The smallest absolute Gasteiger partial charge is 0.295 e. The van der Waals surface area contributed by atoms with Crippen molar-refractivity contribution in [2.75, 3.05) is 0 Å². The van der Waals surface area contributed by atoms with E-state index in [-0.39, 0.29) is 11.0 Å². The predicted octanol–water partition coefficient (Wildman–Crippen LogP) is 2.85. The summed E-state index contributed by atoms with van der Waals surface area (Å²) in [6.45, 7) is 0. The normalized spacial score (nSPS) is 11.1. The van der Waals surface area contributed by atoms with E-state index in [1.165, 1.54) is 6.07 Å². The molecular formula is C18H18NO3PS. The van der Waals surface area contributed by atoms with Gasteiger partial charge in [-0.3, -0.25) is 4.55 Å². The van der Waals surface area contributed by atoms with Crippen molar-refractivity contribution in [3.05, 3.63) is 84.9 Å². The molecule has 3 rings (SSSR count). The van der Waals surface area contributed by atoms with Crippen molar-refractivity contribution in [3.63, 3.8) is 0 Å². The zero-order valence-electron chi connectivity index (χ0n) is 12.9. The molecule has 0 unspecified atom stereocenters. The van der Waals surface area contributed by atoms with Crippen LogP contribution in [0.1, 0.15) is 0 Å². The molecule has 0 aliphatic carbocycles. The molecule has 0 aliphatic heterocycles. The molecule has 0 atom stereocenters. The van der Waals surface area contributed by atoms with Gasteiger partial charge in [0.2, 0.25) is 0 Å². The molecule has 3 aromatic carbocycles. The van der Waals surface area contributed by atoms with E-state index in [0.717, 1.165) is 10.6 Å². The summed E-state index contributed by atoms with van der Waals surface area (Å²) >= 11 is 0. The molecule has 6 heteroatoms. The van der Waals surface area contributed by atoms with Crippen molar-refractivity contribution < 1.29 is 13.0 Å². The molecule has 0 radical (unpaired) electrons. The molecule has 0 saturated heterocycles. The van der Waals surface area contributed by atoms with Crippen molar-refractivity contribution >= 4 is 34.0 Å². The average molecular weight is 359 g/mol. The summed E-state index contributed by atoms with van der Waals surface area (Å²) in [5, 5.41) is 2.69. The van der Waals surface area contributed by atoms with Crippen LogP contribution in [0.25, 0.3) is 0 Å². The van der Waals surface area contributed by atoms with E-state index in [9.17, 15) is 13.0 Å². The third-order valence-corrected chi connectivity index (χ3v) is 6.98. The highest BCUT2D eigenvalue weighted by Crippen LogP contribution is 2.34. The Hall–Kier alpha value is -2.04. The highest BCUT2D eigenvalue weighted by Gasteiger charge is 2.24. The molecule has 3 aromatic rings. The van der Waals surface area contributed by atoms with Crippen molar-refractivity contribution in [1.29, 1.82) is 0 Å². The maximum absolute atomic E-state index is 11.8. The van der Waals surface area contributed by atoms with Crippen molar-refractivity contribution in [2.24, 2.45) is 0 Å². The molecule has 24 heavy (non-hydrogen) atoms. The Labute approximate surface area is 143 Å². The third kappa shape index (κ3) is 3.89. The van der Waals surface area contributed by atoms with Crippen molar-refractivity contribution in [1.82, 2.24) is 6.15 Å². The Bertz CT molecular complexity index is 860. The first-order valence-corrected chi connectivity index (χ1v) is 9.82. The summed E-state index contributed by atoms with van der Waals surface area (Å²) in [6, 6.07) is 26.2. The molecule has 0 fully saturated rings. The standard InChI is InChI=1S/C18H15O3PS.H3N/c19-23(20,21)18-14-8-7-13-17(18)22(15-9-3-1-4-10-15)16-11-5-2-6-12-16;/h1-14H,(H,19,20,21);1H3. The minimum atomic E-state index is -4.28. The number of hydrogen-bond donors (Lipinski definition) is 2. The molecule has 0 spiro atoms. The second kappa shape index (κ2) is 7.69. The van der Waals surface area contributed by atoms with Gasteiger partial charge >= 0.3 is 0 Å². The van der Waals surface area contributed by atoms with E-state index in [4.69, 9.17) is 0 Å². The molecule has 0 aliphatic rings. The summed E-state index contributed by atoms with van der Waals surface area (Å²) in [4.78, 5) is -0.0289. The molecule has 4 N–H and O–H groups in total. The highest BCUT2D eigenvalue weighted by atomic mass is 32.2. The van der Waals surface area contributed by atoms with Crippen LogP contribution in [0.15, 0.2) is 89.8 Å². The Morgan fingerprint density at radius 1 is 0.667 bits per heavy atom. The summed E-state index contributed by atoms with van der Waals surface area (Å²) in [5.74, 6) is 0. The van der Waals surface area contributed by atoms with Gasteiger partial charge in [-0.05, 0) is 24.6 Å². The Kier molecular flexibility index (Phi) is 5.86. The fraction of sp³-hybridized carbons (Fsp3) is 0. The fourth-order valence-electron chi connectivity index (χ4n) is 2.44. The lowest BCUT2D eigenvalue weighted by Gasteiger charge is -2.21. The van der Waals surface area contributed by atoms with Crippen molar-refractivity contribution in [3.8, 4) is 0 Å². The maximum Gasteiger partial charge on any atom is 0.295 e. The predicted molar refractivity (Wildman–Crippen MR) is 100.0 cm³/mol. The molecule has 124 valence electrons. The van der Waals surface area contributed by atoms with E-state index in [1.807, 2.05) is 60.7 Å². The van der Waals surface area contributed by atoms with Gasteiger partial charge < -0.3 is 6.15 Å². The molecule has 4 nitrogen and oxygen atoms in total. The zero-order chi connectivity index (χ0) is 16.3. The summed E-state index contributed by atoms with van der Waals surface area (Å²) in [5.41, 5.74) is 0. The number of benzene rings is 3. The zero-order valence-corrected chi connectivity index (χ0v) is 14.6. The molecule has 0 bridgehead atoms. The minimum absolute atomic E-state index is 0. The Balaban J connectivity index is 0.00000208. The maximum atomic E-state index is 11.8. The van der Waals surface area contributed by atoms with E-state index in [2.05, 4.69) is 0 Å².